The first-order chi connectivity index (χ1) is 10.7. The zero-order valence-electron chi connectivity index (χ0n) is 12.6. The van der Waals surface area contributed by atoms with Gasteiger partial charge in [-0.1, -0.05) is 19.1 Å². The Hall–Kier alpha value is -2.68. The number of nitrogens with zero attached hydrogens (tertiary/aromatic N) is 1. The summed E-state index contributed by atoms with van der Waals surface area (Å²) in [7, 11) is 1.70. The second-order valence-electron chi connectivity index (χ2n) is 5.48. The number of pyridine rings is 1. The fourth-order valence-corrected chi connectivity index (χ4v) is 3.40. The zero-order valence-corrected chi connectivity index (χ0v) is 12.6. The van der Waals surface area contributed by atoms with Crippen LogP contribution in [0.15, 0.2) is 48.5 Å². The number of aromatic nitrogens is 1. The molecule has 3 heterocycles. The van der Waals surface area contributed by atoms with Gasteiger partial charge in [0, 0.05) is 5.56 Å². The lowest BCUT2D eigenvalue weighted by Gasteiger charge is -2.05. The number of benzene rings is 1. The monoisotopic (exact) mass is 291 g/mol. The Morgan fingerprint density at radius 3 is 2.27 bits per heavy atom. The van der Waals surface area contributed by atoms with Crippen molar-refractivity contribution in [1.82, 2.24) is 4.40 Å². The Morgan fingerprint density at radius 1 is 0.909 bits per heavy atom. The minimum absolute atomic E-state index is 0.292. The molecule has 0 spiro atoms. The van der Waals surface area contributed by atoms with E-state index < -0.39 is 0 Å². The maximum atomic E-state index is 9.54. The Bertz CT molecular complexity index is 951. The SMILES string of the molecule is CCc1c(-c2ccc(O)cc2)c2ccc3c(OC)ccc1n32. The van der Waals surface area contributed by atoms with Crippen LogP contribution < -0.4 is 4.74 Å². The van der Waals surface area contributed by atoms with Crippen LogP contribution in [0.25, 0.3) is 27.7 Å². The molecule has 0 aliphatic heterocycles. The molecule has 1 N–H and O–H groups in total. The van der Waals surface area contributed by atoms with Gasteiger partial charge in [-0.2, -0.15) is 0 Å². The van der Waals surface area contributed by atoms with Gasteiger partial charge in [-0.3, -0.25) is 0 Å². The van der Waals surface area contributed by atoms with Crippen molar-refractivity contribution in [2.24, 2.45) is 0 Å². The molecule has 0 saturated carbocycles. The van der Waals surface area contributed by atoms with Crippen molar-refractivity contribution in [2.45, 2.75) is 13.3 Å². The van der Waals surface area contributed by atoms with E-state index in [9.17, 15) is 5.11 Å². The third-order valence-electron chi connectivity index (χ3n) is 4.36. The quantitative estimate of drug-likeness (QED) is 0.604. The van der Waals surface area contributed by atoms with Gasteiger partial charge in [0.2, 0.25) is 0 Å². The van der Waals surface area contributed by atoms with Crippen molar-refractivity contribution in [3.8, 4) is 22.6 Å². The maximum Gasteiger partial charge on any atom is 0.142 e. The second-order valence-corrected chi connectivity index (χ2v) is 5.48. The van der Waals surface area contributed by atoms with E-state index in [1.165, 1.54) is 22.2 Å². The summed E-state index contributed by atoms with van der Waals surface area (Å²) in [6, 6.07) is 15.8. The summed E-state index contributed by atoms with van der Waals surface area (Å²) in [4.78, 5) is 0. The molecule has 0 atom stereocenters. The van der Waals surface area contributed by atoms with E-state index in [1.807, 2.05) is 18.2 Å². The lowest BCUT2D eigenvalue weighted by atomic mass is 10.00. The topological polar surface area (TPSA) is 33.9 Å². The first-order valence-electron chi connectivity index (χ1n) is 7.46. The first kappa shape index (κ1) is 13.0. The van der Waals surface area contributed by atoms with Gasteiger partial charge >= 0.3 is 0 Å². The van der Waals surface area contributed by atoms with E-state index in [1.54, 1.807) is 19.2 Å². The van der Waals surface area contributed by atoms with Gasteiger partial charge in [0.25, 0.3) is 0 Å². The third-order valence-corrected chi connectivity index (χ3v) is 4.36. The molecular weight excluding hydrogens is 274 g/mol. The van der Waals surface area contributed by atoms with Gasteiger partial charge < -0.3 is 14.2 Å². The van der Waals surface area contributed by atoms with Crippen LogP contribution in [0.5, 0.6) is 11.5 Å². The molecule has 4 aromatic rings. The number of hydrogen-bond donors (Lipinski definition) is 1. The highest BCUT2D eigenvalue weighted by atomic mass is 16.5. The van der Waals surface area contributed by atoms with Gasteiger partial charge in [-0.05, 0) is 53.9 Å². The molecule has 1 aromatic carbocycles. The van der Waals surface area contributed by atoms with Crippen molar-refractivity contribution in [2.75, 3.05) is 7.11 Å². The van der Waals surface area contributed by atoms with Crippen molar-refractivity contribution in [3.05, 3.63) is 54.1 Å². The lowest BCUT2D eigenvalue weighted by molar-refractivity contribution is 0.418. The van der Waals surface area contributed by atoms with Crippen molar-refractivity contribution < 1.29 is 9.84 Å². The fourth-order valence-electron chi connectivity index (χ4n) is 3.40. The number of phenols is 1. The molecule has 0 amide bonds. The molecule has 0 radical (unpaired) electrons. The molecule has 110 valence electrons. The van der Waals surface area contributed by atoms with Gasteiger partial charge in [0.1, 0.15) is 11.5 Å². The van der Waals surface area contributed by atoms with Crippen LogP contribution in [0.4, 0.5) is 0 Å². The largest absolute Gasteiger partial charge is 0.508 e. The first-order valence-corrected chi connectivity index (χ1v) is 7.46. The van der Waals surface area contributed by atoms with Crippen LogP contribution in [0.2, 0.25) is 0 Å². The molecule has 3 nitrogen and oxygen atoms in total. The van der Waals surface area contributed by atoms with Crippen LogP contribution in [-0.2, 0) is 6.42 Å². The van der Waals surface area contributed by atoms with Crippen molar-refractivity contribution in [1.29, 1.82) is 0 Å². The Labute approximate surface area is 128 Å². The fraction of sp³-hybridized carbons (Fsp3) is 0.158. The molecule has 0 aliphatic rings. The minimum atomic E-state index is 0.292. The summed E-state index contributed by atoms with van der Waals surface area (Å²) in [5.74, 6) is 1.18. The third kappa shape index (κ3) is 1.62. The molecular formula is C19H17NO2. The normalized spacial score (nSPS) is 11.5. The molecule has 22 heavy (non-hydrogen) atoms. The molecule has 3 aromatic heterocycles. The average Bonchev–Trinajstić information content (AvgIpc) is 3.11. The van der Waals surface area contributed by atoms with Crippen LogP contribution in [-0.4, -0.2) is 16.6 Å². The maximum absolute atomic E-state index is 9.54. The summed E-state index contributed by atoms with van der Waals surface area (Å²) in [6.45, 7) is 2.18. The van der Waals surface area contributed by atoms with Gasteiger partial charge in [0.05, 0.1) is 23.7 Å². The second kappa shape index (κ2) is 4.67. The summed E-state index contributed by atoms with van der Waals surface area (Å²) in [5.41, 5.74) is 7.20. The van der Waals surface area contributed by atoms with E-state index in [0.29, 0.717) is 5.75 Å². The number of ether oxygens (including phenoxy) is 1. The van der Waals surface area contributed by atoms with Crippen LogP contribution in [0.3, 0.4) is 0 Å². The smallest absolute Gasteiger partial charge is 0.142 e. The zero-order chi connectivity index (χ0) is 15.3. The Morgan fingerprint density at radius 2 is 1.59 bits per heavy atom. The Kier molecular flexibility index (Phi) is 2.76. The Balaban J connectivity index is 2.12. The molecule has 4 rings (SSSR count). The highest BCUT2D eigenvalue weighted by Gasteiger charge is 2.19. The summed E-state index contributed by atoms with van der Waals surface area (Å²) < 4.78 is 7.74. The van der Waals surface area contributed by atoms with Crippen molar-refractivity contribution >= 4 is 16.6 Å². The number of aryl methyl sites for hydroxylation is 1. The molecule has 0 bridgehead atoms. The van der Waals surface area contributed by atoms with E-state index in [4.69, 9.17) is 4.74 Å². The number of hydrogen-bond acceptors (Lipinski definition) is 2. The van der Waals surface area contributed by atoms with Crippen LogP contribution in [0.1, 0.15) is 12.5 Å². The number of aromatic hydroxyl groups is 1. The minimum Gasteiger partial charge on any atom is -0.508 e. The van der Waals surface area contributed by atoms with E-state index in [-0.39, 0.29) is 0 Å². The molecule has 0 saturated heterocycles. The summed E-state index contributed by atoms with van der Waals surface area (Å²) >= 11 is 0. The van der Waals surface area contributed by atoms with E-state index >= 15 is 0 Å². The van der Waals surface area contributed by atoms with Crippen LogP contribution in [0, 0.1) is 0 Å². The molecule has 0 unspecified atom stereocenters. The van der Waals surface area contributed by atoms with E-state index in [0.717, 1.165) is 23.3 Å². The summed E-state index contributed by atoms with van der Waals surface area (Å²) in [6.07, 6.45) is 0.958. The van der Waals surface area contributed by atoms with Gasteiger partial charge in [-0.15, -0.1) is 0 Å². The van der Waals surface area contributed by atoms with Crippen molar-refractivity contribution in [3.63, 3.8) is 0 Å². The lowest BCUT2D eigenvalue weighted by Crippen LogP contribution is -1.89. The molecule has 0 fully saturated rings. The van der Waals surface area contributed by atoms with Crippen LogP contribution >= 0.6 is 0 Å². The van der Waals surface area contributed by atoms with Gasteiger partial charge in [0.15, 0.2) is 0 Å². The average molecular weight is 291 g/mol. The highest BCUT2D eigenvalue weighted by Crippen LogP contribution is 2.39. The molecule has 3 heteroatoms. The predicted molar refractivity (Wildman–Crippen MR) is 89.1 cm³/mol. The van der Waals surface area contributed by atoms with E-state index in [2.05, 4.69) is 29.5 Å². The number of methoxy groups -OCH3 is 1. The number of phenolic OH excluding ortho intramolecular Hbond substituents is 1. The predicted octanol–water partition coefficient (Wildman–Crippen LogP) is 4.47. The standard InChI is InChI=1S/C19H17NO2/c1-3-14-15-10-11-18(22-2)16-8-9-17(20(15)16)19(14)12-4-6-13(21)7-5-12/h4-11,21H,3H2,1-2H3. The number of rotatable bonds is 3. The highest BCUT2D eigenvalue weighted by molar-refractivity contribution is 5.96. The van der Waals surface area contributed by atoms with Gasteiger partial charge in [-0.25, -0.2) is 0 Å². The summed E-state index contributed by atoms with van der Waals surface area (Å²) in [5, 5.41) is 9.54. The molecule has 0 aliphatic carbocycles.